The second-order valence-corrected chi connectivity index (χ2v) is 6.34. The summed E-state index contributed by atoms with van der Waals surface area (Å²) in [6.07, 6.45) is 0. The number of anilines is 1. The summed E-state index contributed by atoms with van der Waals surface area (Å²) in [7, 11) is 1.67. The van der Waals surface area contributed by atoms with Crippen molar-refractivity contribution >= 4 is 23.1 Å². The van der Waals surface area contributed by atoms with E-state index in [1.807, 2.05) is 43.5 Å². The molecule has 24 heavy (non-hydrogen) atoms. The lowest BCUT2D eigenvalue weighted by atomic mass is 10.1. The molecule has 7 heteroatoms. The molecule has 0 spiro atoms. The van der Waals surface area contributed by atoms with Gasteiger partial charge in [0.1, 0.15) is 5.01 Å². The number of carbonyl (C=O) groups is 1. The largest absolute Gasteiger partial charge is 0.383 e. The number of hydrogen-bond donors (Lipinski definition) is 3. The number of urea groups is 1. The molecule has 0 bridgehead atoms. The third kappa shape index (κ3) is 5.50. The minimum atomic E-state index is -0.206. The van der Waals surface area contributed by atoms with Crippen LogP contribution in [0.3, 0.4) is 0 Å². The molecular weight excluding hydrogens is 324 g/mol. The van der Waals surface area contributed by atoms with Crippen LogP contribution in [-0.4, -0.2) is 31.3 Å². The van der Waals surface area contributed by atoms with Crippen LogP contribution in [0.15, 0.2) is 29.6 Å². The fourth-order valence-corrected chi connectivity index (χ4v) is 2.99. The third-order valence-electron chi connectivity index (χ3n) is 3.43. The minimum absolute atomic E-state index is 0.112. The van der Waals surface area contributed by atoms with E-state index in [9.17, 15) is 4.79 Å². The van der Waals surface area contributed by atoms with Crippen LogP contribution in [0.1, 0.15) is 29.2 Å². The molecule has 2 amide bonds. The molecule has 0 unspecified atom stereocenters. The molecule has 2 rings (SSSR count). The summed E-state index contributed by atoms with van der Waals surface area (Å²) in [6.45, 7) is 5.68. The monoisotopic (exact) mass is 348 g/mol. The molecule has 130 valence electrons. The van der Waals surface area contributed by atoms with Crippen molar-refractivity contribution in [2.75, 3.05) is 25.6 Å². The molecule has 0 fully saturated rings. The van der Waals surface area contributed by atoms with Crippen LogP contribution in [0.5, 0.6) is 0 Å². The van der Waals surface area contributed by atoms with Gasteiger partial charge in [0.2, 0.25) is 0 Å². The summed E-state index contributed by atoms with van der Waals surface area (Å²) in [6, 6.07) is 7.58. The number of aryl methyl sites for hydroxylation is 1. The molecule has 0 aliphatic rings. The molecular formula is C17H24N4O2S. The summed E-state index contributed by atoms with van der Waals surface area (Å²) in [5, 5.41) is 12.0. The van der Waals surface area contributed by atoms with Gasteiger partial charge in [0, 0.05) is 37.0 Å². The van der Waals surface area contributed by atoms with Gasteiger partial charge in [0.25, 0.3) is 0 Å². The van der Waals surface area contributed by atoms with Gasteiger partial charge < -0.3 is 20.7 Å². The Labute approximate surface area is 146 Å². The number of ether oxygens (including phenoxy) is 1. The Morgan fingerprint density at radius 3 is 2.88 bits per heavy atom. The van der Waals surface area contributed by atoms with Crippen LogP contribution in [-0.2, 0) is 11.3 Å². The number of aromatic nitrogens is 1. The molecule has 0 radical (unpaired) electrons. The Kier molecular flexibility index (Phi) is 7.02. The number of thiazole rings is 1. The predicted molar refractivity (Wildman–Crippen MR) is 97.4 cm³/mol. The van der Waals surface area contributed by atoms with Gasteiger partial charge in [-0.3, -0.25) is 0 Å². The van der Waals surface area contributed by atoms with Crippen molar-refractivity contribution in [3.63, 3.8) is 0 Å². The van der Waals surface area contributed by atoms with Gasteiger partial charge in [-0.05, 0) is 25.5 Å². The zero-order valence-electron chi connectivity index (χ0n) is 14.3. The van der Waals surface area contributed by atoms with Crippen LogP contribution < -0.4 is 16.0 Å². The van der Waals surface area contributed by atoms with E-state index in [4.69, 9.17) is 4.74 Å². The van der Waals surface area contributed by atoms with Crippen molar-refractivity contribution in [2.45, 2.75) is 26.4 Å². The van der Waals surface area contributed by atoms with Crippen molar-refractivity contribution in [3.8, 4) is 0 Å². The maximum Gasteiger partial charge on any atom is 0.315 e. The second-order valence-electron chi connectivity index (χ2n) is 5.45. The summed E-state index contributed by atoms with van der Waals surface area (Å²) < 4.78 is 5.04. The highest BCUT2D eigenvalue weighted by Gasteiger charge is 2.12. The van der Waals surface area contributed by atoms with Crippen molar-refractivity contribution in [2.24, 2.45) is 0 Å². The molecule has 1 atom stereocenters. The number of amides is 2. The highest BCUT2D eigenvalue weighted by molar-refractivity contribution is 7.09. The molecule has 1 aromatic carbocycles. The van der Waals surface area contributed by atoms with Gasteiger partial charge in [0.05, 0.1) is 12.6 Å². The Bertz CT molecular complexity index is 660. The molecule has 1 heterocycles. The van der Waals surface area contributed by atoms with E-state index >= 15 is 0 Å². The Hall–Kier alpha value is -2.12. The number of hydrogen-bond acceptors (Lipinski definition) is 5. The first-order valence-corrected chi connectivity index (χ1v) is 8.75. The lowest BCUT2D eigenvalue weighted by Gasteiger charge is -2.15. The van der Waals surface area contributed by atoms with E-state index in [2.05, 4.69) is 20.9 Å². The average molecular weight is 348 g/mol. The maximum atomic E-state index is 12.1. The Morgan fingerprint density at radius 2 is 2.17 bits per heavy atom. The first-order valence-electron chi connectivity index (χ1n) is 7.87. The van der Waals surface area contributed by atoms with E-state index in [1.165, 1.54) is 0 Å². The Balaban J connectivity index is 1.85. The first-order chi connectivity index (χ1) is 11.6. The molecule has 0 aliphatic heterocycles. The number of benzene rings is 1. The number of nitrogens with zero attached hydrogens (tertiary/aromatic N) is 1. The number of carbonyl (C=O) groups excluding carboxylic acids is 1. The van der Waals surface area contributed by atoms with Gasteiger partial charge in [-0.2, -0.15) is 0 Å². The van der Waals surface area contributed by atoms with Gasteiger partial charge in [-0.1, -0.05) is 18.2 Å². The standard InChI is InChI=1S/C17H24N4O2S/c1-12-11-24-16(20-12)13(2)21-17(22)19-10-14-6-4-5-7-15(14)18-8-9-23-3/h4-7,11,13,18H,8-10H2,1-3H3,(H2,19,21,22)/t13-/m0/s1. The molecule has 0 aliphatic carbocycles. The molecule has 0 saturated carbocycles. The van der Waals surface area contributed by atoms with E-state index in [-0.39, 0.29) is 12.1 Å². The fraction of sp³-hybridized carbons (Fsp3) is 0.412. The van der Waals surface area contributed by atoms with E-state index in [0.29, 0.717) is 13.2 Å². The quantitative estimate of drug-likeness (QED) is 0.641. The van der Waals surface area contributed by atoms with Crippen molar-refractivity contribution in [1.82, 2.24) is 15.6 Å². The fourth-order valence-electron chi connectivity index (χ4n) is 2.19. The average Bonchev–Trinajstić information content (AvgIpc) is 3.01. The van der Waals surface area contributed by atoms with Gasteiger partial charge >= 0.3 is 6.03 Å². The molecule has 0 saturated heterocycles. The van der Waals surface area contributed by atoms with Crippen molar-refractivity contribution < 1.29 is 9.53 Å². The highest BCUT2D eigenvalue weighted by atomic mass is 32.1. The molecule has 2 aromatic rings. The summed E-state index contributed by atoms with van der Waals surface area (Å²) in [5.41, 5.74) is 3.00. The van der Waals surface area contributed by atoms with Crippen molar-refractivity contribution in [1.29, 1.82) is 0 Å². The number of nitrogens with one attached hydrogen (secondary N) is 3. The number of rotatable bonds is 8. The van der Waals surface area contributed by atoms with Gasteiger partial charge in [-0.25, -0.2) is 9.78 Å². The lowest BCUT2D eigenvalue weighted by Crippen LogP contribution is -2.36. The second kappa shape index (κ2) is 9.24. The Morgan fingerprint density at radius 1 is 1.38 bits per heavy atom. The van der Waals surface area contributed by atoms with Gasteiger partial charge in [-0.15, -0.1) is 11.3 Å². The SMILES string of the molecule is COCCNc1ccccc1CNC(=O)N[C@@H](C)c1nc(C)cs1. The predicted octanol–water partition coefficient (Wildman–Crippen LogP) is 3.07. The zero-order valence-corrected chi connectivity index (χ0v) is 15.1. The topological polar surface area (TPSA) is 75.3 Å². The summed E-state index contributed by atoms with van der Waals surface area (Å²) >= 11 is 1.55. The zero-order chi connectivity index (χ0) is 17.4. The first kappa shape index (κ1) is 18.2. The van der Waals surface area contributed by atoms with E-state index < -0.39 is 0 Å². The highest BCUT2D eigenvalue weighted by Crippen LogP contribution is 2.17. The summed E-state index contributed by atoms with van der Waals surface area (Å²) in [5.74, 6) is 0. The van der Waals surface area contributed by atoms with E-state index in [0.717, 1.165) is 28.5 Å². The smallest absolute Gasteiger partial charge is 0.315 e. The van der Waals surface area contributed by atoms with Gasteiger partial charge in [0.15, 0.2) is 0 Å². The van der Waals surface area contributed by atoms with Crippen molar-refractivity contribution in [3.05, 3.63) is 45.9 Å². The van der Waals surface area contributed by atoms with Crippen LogP contribution in [0.2, 0.25) is 0 Å². The normalized spacial score (nSPS) is 11.8. The van der Waals surface area contributed by atoms with Crippen LogP contribution in [0, 0.1) is 6.92 Å². The number of methoxy groups -OCH3 is 1. The number of para-hydroxylation sites is 1. The van der Waals surface area contributed by atoms with Crippen LogP contribution in [0.4, 0.5) is 10.5 Å². The molecule has 1 aromatic heterocycles. The van der Waals surface area contributed by atoms with E-state index in [1.54, 1.807) is 18.4 Å². The lowest BCUT2D eigenvalue weighted by molar-refractivity contribution is 0.210. The third-order valence-corrected chi connectivity index (χ3v) is 4.58. The molecule has 3 N–H and O–H groups in total. The summed E-state index contributed by atoms with van der Waals surface area (Å²) in [4.78, 5) is 16.5. The van der Waals surface area contributed by atoms with Crippen LogP contribution >= 0.6 is 11.3 Å². The van der Waals surface area contributed by atoms with Crippen LogP contribution in [0.25, 0.3) is 0 Å². The minimum Gasteiger partial charge on any atom is -0.383 e. The maximum absolute atomic E-state index is 12.1. The molecule has 6 nitrogen and oxygen atoms in total.